The molecule has 3 nitrogen and oxygen atoms in total. The van der Waals surface area contributed by atoms with Crippen molar-refractivity contribution in [3.63, 3.8) is 0 Å². The minimum Gasteiger partial charge on any atom is -0.337 e. The molecule has 1 aromatic carbocycles. The largest absolute Gasteiger partial charge is 0.337 e. The van der Waals surface area contributed by atoms with E-state index in [0.717, 1.165) is 18.7 Å². The molecule has 0 radical (unpaired) electrons. The van der Waals surface area contributed by atoms with Crippen molar-refractivity contribution >= 4 is 29.1 Å². The summed E-state index contributed by atoms with van der Waals surface area (Å²) in [5.41, 5.74) is 0.901. The highest BCUT2D eigenvalue weighted by atomic mass is 35.5. The van der Waals surface area contributed by atoms with Crippen LogP contribution < -0.4 is 5.32 Å². The first-order valence-corrected chi connectivity index (χ1v) is 7.19. The monoisotopic (exact) mass is 300 g/mol. The van der Waals surface area contributed by atoms with Gasteiger partial charge in [-0.3, -0.25) is 4.79 Å². The molecule has 1 N–H and O–H groups in total. The fraction of sp³-hybridized carbons (Fsp3) is 0.500. The Morgan fingerprint density at radius 3 is 2.79 bits per heavy atom. The molecule has 1 fully saturated rings. The lowest BCUT2D eigenvalue weighted by Gasteiger charge is -2.37. The van der Waals surface area contributed by atoms with E-state index in [1.165, 1.54) is 0 Å². The van der Waals surface area contributed by atoms with Crippen molar-refractivity contribution in [1.29, 1.82) is 0 Å². The highest BCUT2D eigenvalue weighted by molar-refractivity contribution is 6.42. The Hall–Kier alpha value is -0.770. The molecule has 0 bridgehead atoms. The SMILES string of the molecule is CC1CN(C(=O)Cc2ccc(Cl)c(Cl)c2)C(C)CN1. The Bertz CT molecular complexity index is 479. The number of amides is 1. The first-order chi connectivity index (χ1) is 8.97. The van der Waals surface area contributed by atoms with Gasteiger partial charge in [-0.25, -0.2) is 0 Å². The predicted octanol–water partition coefficient (Wildman–Crippen LogP) is 2.74. The number of piperazine rings is 1. The van der Waals surface area contributed by atoms with E-state index in [1.807, 2.05) is 11.0 Å². The van der Waals surface area contributed by atoms with Crippen LogP contribution in [0.4, 0.5) is 0 Å². The van der Waals surface area contributed by atoms with Crippen molar-refractivity contribution in [2.45, 2.75) is 32.4 Å². The number of nitrogens with one attached hydrogen (secondary N) is 1. The van der Waals surface area contributed by atoms with E-state index >= 15 is 0 Å². The topological polar surface area (TPSA) is 32.3 Å². The summed E-state index contributed by atoms with van der Waals surface area (Å²) >= 11 is 11.8. The van der Waals surface area contributed by atoms with Crippen LogP contribution >= 0.6 is 23.2 Å². The maximum atomic E-state index is 12.3. The van der Waals surface area contributed by atoms with Crippen molar-refractivity contribution in [2.75, 3.05) is 13.1 Å². The summed E-state index contributed by atoms with van der Waals surface area (Å²) in [6.07, 6.45) is 0.369. The quantitative estimate of drug-likeness (QED) is 0.911. The average Bonchev–Trinajstić information content (AvgIpc) is 2.36. The fourth-order valence-corrected chi connectivity index (χ4v) is 2.62. The van der Waals surface area contributed by atoms with E-state index in [9.17, 15) is 4.79 Å². The van der Waals surface area contributed by atoms with Gasteiger partial charge in [-0.2, -0.15) is 0 Å². The molecule has 1 aromatic rings. The van der Waals surface area contributed by atoms with E-state index in [-0.39, 0.29) is 11.9 Å². The number of nitrogens with zero attached hydrogens (tertiary/aromatic N) is 1. The molecule has 0 aliphatic carbocycles. The maximum Gasteiger partial charge on any atom is 0.227 e. The van der Waals surface area contributed by atoms with E-state index < -0.39 is 0 Å². The molecule has 0 spiro atoms. The van der Waals surface area contributed by atoms with Gasteiger partial charge in [0.2, 0.25) is 5.91 Å². The lowest BCUT2D eigenvalue weighted by Crippen LogP contribution is -2.56. The molecule has 2 atom stereocenters. The van der Waals surface area contributed by atoms with Gasteiger partial charge in [0.25, 0.3) is 0 Å². The van der Waals surface area contributed by atoms with E-state index in [2.05, 4.69) is 19.2 Å². The zero-order chi connectivity index (χ0) is 14.0. The van der Waals surface area contributed by atoms with Crippen molar-refractivity contribution in [3.05, 3.63) is 33.8 Å². The van der Waals surface area contributed by atoms with Crippen molar-refractivity contribution in [2.24, 2.45) is 0 Å². The molecule has 19 heavy (non-hydrogen) atoms. The highest BCUT2D eigenvalue weighted by Crippen LogP contribution is 2.23. The van der Waals surface area contributed by atoms with Gasteiger partial charge in [0.05, 0.1) is 16.5 Å². The molecular formula is C14H18Cl2N2O. The minimum atomic E-state index is 0.138. The van der Waals surface area contributed by atoms with Gasteiger partial charge >= 0.3 is 0 Å². The summed E-state index contributed by atoms with van der Waals surface area (Å²) in [4.78, 5) is 14.3. The summed E-state index contributed by atoms with van der Waals surface area (Å²) in [5, 5.41) is 4.37. The second kappa shape index (κ2) is 6.12. The number of benzene rings is 1. The van der Waals surface area contributed by atoms with Gasteiger partial charge in [-0.15, -0.1) is 0 Å². The van der Waals surface area contributed by atoms with Gasteiger partial charge in [0.15, 0.2) is 0 Å². The Morgan fingerprint density at radius 2 is 2.11 bits per heavy atom. The summed E-state index contributed by atoms with van der Waals surface area (Å²) in [7, 11) is 0. The third-order valence-corrected chi connectivity index (χ3v) is 4.16. The number of hydrogen-bond donors (Lipinski definition) is 1. The zero-order valence-electron chi connectivity index (χ0n) is 11.1. The number of hydrogen-bond acceptors (Lipinski definition) is 2. The maximum absolute atomic E-state index is 12.3. The van der Waals surface area contributed by atoms with Crippen LogP contribution in [-0.4, -0.2) is 36.0 Å². The molecule has 1 aliphatic rings. The van der Waals surface area contributed by atoms with Crippen LogP contribution in [0.25, 0.3) is 0 Å². The first-order valence-electron chi connectivity index (χ1n) is 6.44. The molecule has 5 heteroatoms. The number of carbonyl (C=O) groups excluding carboxylic acids is 1. The predicted molar refractivity (Wildman–Crippen MR) is 78.8 cm³/mol. The van der Waals surface area contributed by atoms with Crippen LogP contribution in [0.5, 0.6) is 0 Å². The fourth-order valence-electron chi connectivity index (χ4n) is 2.29. The van der Waals surface area contributed by atoms with Gasteiger partial charge < -0.3 is 10.2 Å². The van der Waals surface area contributed by atoms with E-state index in [1.54, 1.807) is 12.1 Å². The standard InChI is InChI=1S/C14H18Cl2N2O/c1-9-8-18(10(2)7-17-9)14(19)6-11-3-4-12(15)13(16)5-11/h3-5,9-10,17H,6-8H2,1-2H3. The van der Waals surface area contributed by atoms with Crippen molar-refractivity contribution in [1.82, 2.24) is 10.2 Å². The molecule has 1 saturated heterocycles. The van der Waals surface area contributed by atoms with E-state index in [4.69, 9.17) is 23.2 Å². The third-order valence-electron chi connectivity index (χ3n) is 3.42. The zero-order valence-corrected chi connectivity index (χ0v) is 12.6. The smallest absolute Gasteiger partial charge is 0.227 e. The van der Waals surface area contributed by atoms with Crippen LogP contribution in [0.2, 0.25) is 10.0 Å². The molecule has 1 heterocycles. The lowest BCUT2D eigenvalue weighted by atomic mass is 10.1. The Balaban J connectivity index is 2.05. The van der Waals surface area contributed by atoms with Crippen molar-refractivity contribution in [3.8, 4) is 0 Å². The van der Waals surface area contributed by atoms with Crippen LogP contribution in [0, 0.1) is 0 Å². The normalized spacial score (nSPS) is 23.5. The molecular weight excluding hydrogens is 283 g/mol. The van der Waals surface area contributed by atoms with Gasteiger partial charge in [0.1, 0.15) is 0 Å². The Morgan fingerprint density at radius 1 is 1.37 bits per heavy atom. The molecule has 104 valence electrons. The van der Waals surface area contributed by atoms with Gasteiger partial charge in [-0.05, 0) is 31.5 Å². The molecule has 2 unspecified atom stereocenters. The molecule has 1 aliphatic heterocycles. The number of carbonyl (C=O) groups is 1. The molecule has 1 amide bonds. The van der Waals surface area contributed by atoms with E-state index in [0.29, 0.717) is 22.5 Å². The van der Waals surface area contributed by atoms with Crippen LogP contribution in [-0.2, 0) is 11.2 Å². The van der Waals surface area contributed by atoms with Crippen LogP contribution in [0.3, 0.4) is 0 Å². The first kappa shape index (κ1) is 14.6. The highest BCUT2D eigenvalue weighted by Gasteiger charge is 2.26. The second-order valence-electron chi connectivity index (χ2n) is 5.13. The average molecular weight is 301 g/mol. The molecule has 0 aromatic heterocycles. The van der Waals surface area contributed by atoms with Crippen LogP contribution in [0.15, 0.2) is 18.2 Å². The molecule has 0 saturated carbocycles. The summed E-state index contributed by atoms with van der Waals surface area (Å²) in [5.74, 6) is 0.138. The van der Waals surface area contributed by atoms with Gasteiger partial charge in [-0.1, -0.05) is 29.3 Å². The lowest BCUT2D eigenvalue weighted by molar-refractivity contribution is -0.133. The number of halogens is 2. The Kier molecular flexibility index (Phi) is 4.71. The molecule has 2 rings (SSSR count). The van der Waals surface area contributed by atoms with Crippen LogP contribution in [0.1, 0.15) is 19.4 Å². The summed E-state index contributed by atoms with van der Waals surface area (Å²) in [6.45, 7) is 5.74. The summed E-state index contributed by atoms with van der Waals surface area (Å²) in [6, 6.07) is 5.91. The van der Waals surface area contributed by atoms with Crippen molar-refractivity contribution < 1.29 is 4.79 Å². The third kappa shape index (κ3) is 3.62. The Labute approximate surface area is 123 Å². The number of rotatable bonds is 2. The minimum absolute atomic E-state index is 0.138. The van der Waals surface area contributed by atoms with Gasteiger partial charge in [0, 0.05) is 25.2 Å². The summed E-state index contributed by atoms with van der Waals surface area (Å²) < 4.78 is 0. The second-order valence-corrected chi connectivity index (χ2v) is 5.94.